The number of hydrogen-bond acceptors (Lipinski definition) is 5. The van der Waals surface area contributed by atoms with Gasteiger partial charge in [-0.25, -0.2) is 4.98 Å². The van der Waals surface area contributed by atoms with Gasteiger partial charge in [0.2, 0.25) is 5.95 Å². The molecule has 0 unspecified atom stereocenters. The number of aliphatic hydroxyl groups is 1. The molecule has 0 amide bonds. The molecule has 1 aromatic carbocycles. The summed E-state index contributed by atoms with van der Waals surface area (Å²) in [5, 5.41) is 13.6. The highest BCUT2D eigenvalue weighted by atomic mass is 16.3. The minimum Gasteiger partial charge on any atom is -0.390 e. The molecule has 0 saturated heterocycles. The van der Waals surface area contributed by atoms with Crippen molar-refractivity contribution in [3.8, 4) is 0 Å². The summed E-state index contributed by atoms with van der Waals surface area (Å²) in [6.07, 6.45) is 3.57. The van der Waals surface area contributed by atoms with Crippen LogP contribution in [0.3, 0.4) is 0 Å². The lowest BCUT2D eigenvalue weighted by Crippen LogP contribution is -2.36. The van der Waals surface area contributed by atoms with Crippen molar-refractivity contribution in [2.75, 3.05) is 17.3 Å². The van der Waals surface area contributed by atoms with Crippen molar-refractivity contribution in [3.05, 3.63) is 42.1 Å². The van der Waals surface area contributed by atoms with Crippen LogP contribution in [-0.4, -0.2) is 33.8 Å². The lowest BCUT2D eigenvalue weighted by Gasteiger charge is -2.33. The lowest BCUT2D eigenvalue weighted by atomic mass is 9.84. The van der Waals surface area contributed by atoms with E-state index < -0.39 is 5.60 Å². The molecule has 0 bridgehead atoms. The predicted molar refractivity (Wildman–Crippen MR) is 97.8 cm³/mol. The number of aromatic nitrogens is 2. The van der Waals surface area contributed by atoms with E-state index in [1.54, 1.807) is 0 Å². The molecule has 3 rings (SSSR count). The van der Waals surface area contributed by atoms with Crippen LogP contribution in [0, 0.1) is 6.92 Å². The monoisotopic (exact) mass is 326 g/mol. The highest BCUT2D eigenvalue weighted by Gasteiger charge is 2.28. The molecule has 2 aromatic rings. The van der Waals surface area contributed by atoms with Crippen LogP contribution in [0.1, 0.15) is 38.3 Å². The van der Waals surface area contributed by atoms with Gasteiger partial charge in [-0.1, -0.05) is 18.2 Å². The Morgan fingerprint density at radius 1 is 1.17 bits per heavy atom. The van der Waals surface area contributed by atoms with E-state index in [1.807, 2.05) is 62.2 Å². The van der Waals surface area contributed by atoms with Crippen LogP contribution in [-0.2, 0) is 0 Å². The predicted octanol–water partition coefficient (Wildman–Crippen LogP) is 3.66. The summed E-state index contributed by atoms with van der Waals surface area (Å²) in [5.74, 6) is 1.54. The van der Waals surface area contributed by atoms with Crippen molar-refractivity contribution in [2.45, 2.75) is 51.2 Å². The third-order valence-corrected chi connectivity index (χ3v) is 4.70. The van der Waals surface area contributed by atoms with Gasteiger partial charge in [-0.3, -0.25) is 0 Å². The van der Waals surface area contributed by atoms with E-state index in [0.717, 1.165) is 42.9 Å². The first-order valence-corrected chi connectivity index (χ1v) is 8.56. The second-order valence-corrected chi connectivity index (χ2v) is 7.00. The second kappa shape index (κ2) is 6.77. The summed E-state index contributed by atoms with van der Waals surface area (Å²) in [4.78, 5) is 11.2. The number of para-hydroxylation sites is 1. The molecule has 5 heteroatoms. The van der Waals surface area contributed by atoms with Crippen LogP contribution in [0.15, 0.2) is 36.4 Å². The van der Waals surface area contributed by atoms with Gasteiger partial charge < -0.3 is 15.3 Å². The molecule has 5 nitrogen and oxygen atoms in total. The summed E-state index contributed by atoms with van der Waals surface area (Å²) in [6, 6.07) is 12.4. The summed E-state index contributed by atoms with van der Waals surface area (Å²) in [7, 11) is 1.98. The van der Waals surface area contributed by atoms with E-state index in [2.05, 4.69) is 15.3 Å². The standard InChI is InChI=1S/C19H26N4O/c1-14-13-17(21-15-9-11-19(2,24)12-10-15)22-18(20-14)23(3)16-7-5-4-6-8-16/h4-8,13,15,24H,9-12H2,1-3H3,(H,20,21,22). The number of hydrogen-bond donors (Lipinski definition) is 2. The number of benzene rings is 1. The van der Waals surface area contributed by atoms with Crippen molar-refractivity contribution in [2.24, 2.45) is 0 Å². The molecule has 24 heavy (non-hydrogen) atoms. The van der Waals surface area contributed by atoms with Crippen molar-refractivity contribution in [1.82, 2.24) is 9.97 Å². The number of anilines is 3. The zero-order valence-corrected chi connectivity index (χ0v) is 14.7. The molecule has 0 radical (unpaired) electrons. The Balaban J connectivity index is 1.75. The summed E-state index contributed by atoms with van der Waals surface area (Å²) >= 11 is 0. The van der Waals surface area contributed by atoms with E-state index in [4.69, 9.17) is 0 Å². The molecule has 0 spiro atoms. The van der Waals surface area contributed by atoms with Crippen LogP contribution >= 0.6 is 0 Å². The van der Waals surface area contributed by atoms with Gasteiger partial charge in [0, 0.05) is 30.5 Å². The molecule has 1 aliphatic carbocycles. The molecule has 128 valence electrons. The van der Waals surface area contributed by atoms with Crippen molar-refractivity contribution >= 4 is 17.5 Å². The Hall–Kier alpha value is -2.14. The van der Waals surface area contributed by atoms with Crippen LogP contribution in [0.25, 0.3) is 0 Å². The fourth-order valence-electron chi connectivity index (χ4n) is 3.14. The summed E-state index contributed by atoms with van der Waals surface area (Å²) in [6.45, 7) is 3.91. The van der Waals surface area contributed by atoms with Gasteiger partial charge in [-0.15, -0.1) is 0 Å². The van der Waals surface area contributed by atoms with Gasteiger partial charge in [-0.2, -0.15) is 4.98 Å². The maximum Gasteiger partial charge on any atom is 0.231 e. The highest BCUT2D eigenvalue weighted by molar-refractivity contribution is 5.57. The van der Waals surface area contributed by atoms with E-state index >= 15 is 0 Å². The first-order chi connectivity index (χ1) is 11.4. The Morgan fingerprint density at radius 2 is 1.83 bits per heavy atom. The molecule has 2 N–H and O–H groups in total. The average molecular weight is 326 g/mol. The fraction of sp³-hybridized carbons (Fsp3) is 0.474. The third-order valence-electron chi connectivity index (χ3n) is 4.70. The van der Waals surface area contributed by atoms with Crippen LogP contribution in [0.2, 0.25) is 0 Å². The van der Waals surface area contributed by atoms with Crippen LogP contribution in [0.4, 0.5) is 17.5 Å². The fourth-order valence-corrected chi connectivity index (χ4v) is 3.14. The summed E-state index contributed by atoms with van der Waals surface area (Å²) < 4.78 is 0. The van der Waals surface area contributed by atoms with Gasteiger partial charge in [0.05, 0.1) is 5.60 Å². The Morgan fingerprint density at radius 3 is 2.50 bits per heavy atom. The quantitative estimate of drug-likeness (QED) is 0.898. The van der Waals surface area contributed by atoms with Gasteiger partial charge in [0.1, 0.15) is 5.82 Å². The van der Waals surface area contributed by atoms with E-state index in [0.29, 0.717) is 12.0 Å². The zero-order valence-electron chi connectivity index (χ0n) is 14.7. The maximum absolute atomic E-state index is 10.1. The van der Waals surface area contributed by atoms with Crippen molar-refractivity contribution in [3.63, 3.8) is 0 Å². The van der Waals surface area contributed by atoms with Gasteiger partial charge in [0.25, 0.3) is 0 Å². The molecular weight excluding hydrogens is 300 g/mol. The molecular formula is C19H26N4O. The molecule has 1 fully saturated rings. The summed E-state index contributed by atoms with van der Waals surface area (Å²) in [5.41, 5.74) is 1.48. The van der Waals surface area contributed by atoms with E-state index in [1.165, 1.54) is 0 Å². The Bertz CT molecular complexity index is 677. The highest BCUT2D eigenvalue weighted by Crippen LogP contribution is 2.30. The lowest BCUT2D eigenvalue weighted by molar-refractivity contribution is 0.0196. The van der Waals surface area contributed by atoms with E-state index in [-0.39, 0.29) is 0 Å². The SMILES string of the molecule is Cc1cc(NC2CCC(C)(O)CC2)nc(N(C)c2ccccc2)n1. The van der Waals surface area contributed by atoms with Gasteiger partial charge >= 0.3 is 0 Å². The normalized spacial score (nSPS) is 23.8. The van der Waals surface area contributed by atoms with Gasteiger partial charge in [-0.05, 0) is 51.7 Å². The minimum atomic E-state index is -0.515. The van der Waals surface area contributed by atoms with Crippen LogP contribution in [0.5, 0.6) is 0 Å². The van der Waals surface area contributed by atoms with E-state index in [9.17, 15) is 5.11 Å². The minimum absolute atomic E-state index is 0.356. The van der Waals surface area contributed by atoms with Crippen molar-refractivity contribution in [1.29, 1.82) is 0 Å². The number of nitrogens with one attached hydrogen (secondary N) is 1. The van der Waals surface area contributed by atoms with Crippen LogP contribution < -0.4 is 10.2 Å². The largest absolute Gasteiger partial charge is 0.390 e. The number of nitrogens with zero attached hydrogens (tertiary/aromatic N) is 3. The Kier molecular flexibility index (Phi) is 4.71. The molecule has 1 aromatic heterocycles. The van der Waals surface area contributed by atoms with Gasteiger partial charge in [0.15, 0.2) is 0 Å². The first-order valence-electron chi connectivity index (χ1n) is 8.56. The maximum atomic E-state index is 10.1. The molecule has 1 heterocycles. The zero-order chi connectivity index (χ0) is 17.2. The topological polar surface area (TPSA) is 61.3 Å². The average Bonchev–Trinajstić information content (AvgIpc) is 2.56. The smallest absolute Gasteiger partial charge is 0.231 e. The molecule has 1 aliphatic rings. The third kappa shape index (κ3) is 4.03. The number of aryl methyl sites for hydroxylation is 1. The van der Waals surface area contributed by atoms with Crippen molar-refractivity contribution < 1.29 is 5.11 Å². The molecule has 1 saturated carbocycles. The molecule has 0 atom stereocenters. The first kappa shape index (κ1) is 16.7. The second-order valence-electron chi connectivity index (χ2n) is 7.00. The molecule has 0 aliphatic heterocycles. The number of rotatable bonds is 4. The Labute approximate surface area is 143 Å².